The van der Waals surface area contributed by atoms with Crippen molar-refractivity contribution in [3.63, 3.8) is 0 Å². The molecule has 0 aromatic heterocycles. The van der Waals surface area contributed by atoms with Crippen LogP contribution in [0.3, 0.4) is 0 Å². The summed E-state index contributed by atoms with van der Waals surface area (Å²) in [6.07, 6.45) is 1.36. The van der Waals surface area contributed by atoms with Crippen LogP contribution in [0.25, 0.3) is 0 Å². The SMILES string of the molecule is C[Si]1(C)CC(C#N)[Si](C)(C)C12SCCCS2. The number of rotatable bonds is 0. The first-order chi connectivity index (χ1) is 7.37. The highest BCUT2D eigenvalue weighted by Gasteiger charge is 2.67. The Labute approximate surface area is 110 Å². The molecular weight excluding hydrogens is 266 g/mol. The van der Waals surface area contributed by atoms with Crippen molar-refractivity contribution in [2.45, 2.75) is 47.5 Å². The monoisotopic (exact) mass is 287 g/mol. The van der Waals surface area contributed by atoms with Crippen LogP contribution in [0.1, 0.15) is 6.42 Å². The lowest BCUT2D eigenvalue weighted by Crippen LogP contribution is -2.59. The van der Waals surface area contributed by atoms with E-state index in [-0.39, 0.29) is 0 Å². The first kappa shape index (κ1) is 13.1. The van der Waals surface area contributed by atoms with Gasteiger partial charge in [-0.2, -0.15) is 28.8 Å². The van der Waals surface area contributed by atoms with Gasteiger partial charge in [0, 0.05) is 8.87 Å². The maximum Gasteiger partial charge on any atom is 0.0929 e. The average molecular weight is 288 g/mol. The zero-order valence-corrected chi connectivity index (χ0v) is 14.3. The zero-order valence-electron chi connectivity index (χ0n) is 10.7. The molecule has 0 amide bonds. The average Bonchev–Trinajstić information content (AvgIpc) is 2.38. The van der Waals surface area contributed by atoms with Crippen LogP contribution in [0.5, 0.6) is 0 Å². The van der Waals surface area contributed by atoms with E-state index in [4.69, 9.17) is 0 Å². The van der Waals surface area contributed by atoms with Crippen molar-refractivity contribution in [2.75, 3.05) is 11.5 Å². The highest BCUT2D eigenvalue weighted by Crippen LogP contribution is 2.64. The highest BCUT2D eigenvalue weighted by molar-refractivity contribution is 8.24. The molecule has 0 saturated carbocycles. The van der Waals surface area contributed by atoms with Gasteiger partial charge >= 0.3 is 0 Å². The van der Waals surface area contributed by atoms with Crippen LogP contribution < -0.4 is 0 Å². The molecule has 1 unspecified atom stereocenters. The van der Waals surface area contributed by atoms with Crippen molar-refractivity contribution < 1.29 is 0 Å². The van der Waals surface area contributed by atoms with Crippen molar-refractivity contribution in [3.8, 4) is 6.07 Å². The quantitative estimate of drug-likeness (QED) is 0.630. The van der Waals surface area contributed by atoms with E-state index >= 15 is 0 Å². The van der Waals surface area contributed by atoms with Crippen molar-refractivity contribution in [3.05, 3.63) is 0 Å². The normalized spacial score (nSPS) is 34.8. The summed E-state index contributed by atoms with van der Waals surface area (Å²) in [6.45, 7) is 10.0. The van der Waals surface area contributed by atoms with Gasteiger partial charge in [0.2, 0.25) is 0 Å². The summed E-state index contributed by atoms with van der Waals surface area (Å²) >= 11 is 4.48. The zero-order chi connectivity index (χ0) is 12.0. The minimum Gasteiger partial charge on any atom is -0.198 e. The molecule has 0 aromatic rings. The molecule has 2 rings (SSSR count). The molecule has 2 heterocycles. The molecule has 2 aliphatic rings. The van der Waals surface area contributed by atoms with Crippen molar-refractivity contribution in [2.24, 2.45) is 0 Å². The molecule has 16 heavy (non-hydrogen) atoms. The van der Waals surface area contributed by atoms with Crippen molar-refractivity contribution in [1.82, 2.24) is 0 Å². The van der Waals surface area contributed by atoms with E-state index in [1.165, 1.54) is 24.0 Å². The van der Waals surface area contributed by atoms with Gasteiger partial charge in [0.15, 0.2) is 0 Å². The summed E-state index contributed by atoms with van der Waals surface area (Å²) in [5.41, 5.74) is 0.410. The summed E-state index contributed by atoms with van der Waals surface area (Å²) in [5.74, 6) is 2.66. The van der Waals surface area contributed by atoms with Crippen LogP contribution in [0, 0.1) is 11.3 Å². The van der Waals surface area contributed by atoms with E-state index in [1.807, 2.05) is 0 Å². The predicted molar refractivity (Wildman–Crippen MR) is 81.4 cm³/mol. The summed E-state index contributed by atoms with van der Waals surface area (Å²) < 4.78 is 0.526. The fourth-order valence-corrected chi connectivity index (χ4v) is 27.9. The molecule has 5 heteroatoms. The van der Waals surface area contributed by atoms with Gasteiger partial charge in [-0.05, 0) is 24.0 Å². The first-order valence-electron chi connectivity index (χ1n) is 6.05. The summed E-state index contributed by atoms with van der Waals surface area (Å²) in [5, 5.41) is 9.44. The van der Waals surface area contributed by atoms with Gasteiger partial charge in [-0.3, -0.25) is 0 Å². The second-order valence-corrected chi connectivity index (χ2v) is 20.8. The number of hydrogen-bond donors (Lipinski definition) is 0. The van der Waals surface area contributed by atoms with Gasteiger partial charge < -0.3 is 0 Å². The number of nitriles is 1. The van der Waals surface area contributed by atoms with Crippen LogP contribution in [-0.2, 0) is 0 Å². The third kappa shape index (κ3) is 1.57. The molecule has 2 saturated heterocycles. The number of hydrogen-bond acceptors (Lipinski definition) is 3. The van der Waals surface area contributed by atoms with E-state index < -0.39 is 16.1 Å². The molecule has 1 atom stereocenters. The molecule has 2 aliphatic heterocycles. The van der Waals surface area contributed by atoms with E-state index in [9.17, 15) is 5.26 Å². The van der Waals surface area contributed by atoms with Crippen LogP contribution >= 0.6 is 23.5 Å². The second-order valence-electron chi connectivity index (χ2n) is 6.16. The smallest absolute Gasteiger partial charge is 0.0929 e. The molecule has 0 bridgehead atoms. The van der Waals surface area contributed by atoms with E-state index in [0.717, 1.165) is 0 Å². The summed E-state index contributed by atoms with van der Waals surface area (Å²) in [7, 11) is -2.67. The van der Waals surface area contributed by atoms with Crippen molar-refractivity contribution >= 4 is 39.7 Å². The minimum absolute atomic E-state index is 0.410. The third-order valence-electron chi connectivity index (χ3n) is 4.38. The van der Waals surface area contributed by atoms with Crippen molar-refractivity contribution in [1.29, 1.82) is 5.26 Å². The van der Waals surface area contributed by atoms with Gasteiger partial charge in [0.05, 0.1) is 22.2 Å². The lowest BCUT2D eigenvalue weighted by atomic mass is 10.5. The molecule has 1 spiro atoms. The van der Waals surface area contributed by atoms with Gasteiger partial charge in [-0.15, -0.1) is 0 Å². The fraction of sp³-hybridized carbons (Fsp3) is 0.909. The number of nitrogens with zero attached hydrogens (tertiary/aromatic N) is 1. The summed E-state index contributed by atoms with van der Waals surface area (Å²) in [4.78, 5) is 0. The van der Waals surface area contributed by atoms with E-state index in [1.54, 1.807) is 0 Å². The Balaban J connectivity index is 2.44. The lowest BCUT2D eigenvalue weighted by Gasteiger charge is -2.49. The topological polar surface area (TPSA) is 23.8 Å². The summed E-state index contributed by atoms with van der Waals surface area (Å²) in [6, 6.07) is 3.90. The van der Waals surface area contributed by atoms with Gasteiger partial charge in [0.25, 0.3) is 0 Å². The largest absolute Gasteiger partial charge is 0.198 e. The highest BCUT2D eigenvalue weighted by atomic mass is 32.2. The van der Waals surface area contributed by atoms with Gasteiger partial charge in [-0.25, -0.2) is 0 Å². The minimum atomic E-state index is -1.43. The Morgan fingerprint density at radius 2 is 1.75 bits per heavy atom. The molecule has 0 aliphatic carbocycles. The fourth-order valence-electron chi connectivity index (χ4n) is 3.50. The maximum atomic E-state index is 9.44. The number of thioether (sulfide) groups is 2. The molecule has 90 valence electrons. The van der Waals surface area contributed by atoms with Gasteiger partial charge in [-0.1, -0.05) is 26.2 Å². The van der Waals surface area contributed by atoms with Gasteiger partial charge in [0.1, 0.15) is 0 Å². The molecule has 0 radical (unpaired) electrons. The molecular formula is C11H21NS2Si2. The second kappa shape index (κ2) is 4.08. The molecule has 1 nitrogen and oxygen atoms in total. The molecule has 0 aromatic carbocycles. The van der Waals surface area contributed by atoms with Crippen LogP contribution in [0.4, 0.5) is 0 Å². The molecule has 0 N–H and O–H groups in total. The first-order valence-corrected chi connectivity index (χ1v) is 14.3. The van der Waals surface area contributed by atoms with E-state index in [2.05, 4.69) is 55.8 Å². The standard InChI is InChI=1S/C11H21NS2Si2/c1-15(2)9-10(8-12)16(3,4)11(15)13-6-5-7-14-11/h10H,5-7,9H2,1-4H3. The molecule has 2 fully saturated rings. The Hall–Kier alpha value is 0.624. The van der Waals surface area contributed by atoms with Crippen LogP contribution in [-0.4, -0.2) is 31.0 Å². The van der Waals surface area contributed by atoms with Crippen LogP contribution in [0.15, 0.2) is 0 Å². The Morgan fingerprint density at radius 3 is 2.19 bits per heavy atom. The van der Waals surface area contributed by atoms with Crippen LogP contribution in [0.2, 0.25) is 37.8 Å². The predicted octanol–water partition coefficient (Wildman–Crippen LogP) is 3.96. The Morgan fingerprint density at radius 1 is 1.19 bits per heavy atom. The lowest BCUT2D eigenvalue weighted by molar-refractivity contribution is 1.10. The Kier molecular flexibility index (Phi) is 3.33. The Bertz CT molecular complexity index is 329. The third-order valence-corrected chi connectivity index (χ3v) is 26.4. The maximum absolute atomic E-state index is 9.44. The van der Waals surface area contributed by atoms with E-state index in [0.29, 0.717) is 8.87 Å².